The monoisotopic (exact) mass is 283 g/mol. The van der Waals surface area contributed by atoms with Crippen LogP contribution in [0.4, 0.5) is 4.39 Å². The number of hydrogen-bond acceptors (Lipinski definition) is 2. The highest BCUT2D eigenvalue weighted by Crippen LogP contribution is 2.34. The standard InChI is InChI=1S/C15H19ClFNO/c1-2-6-15(7-8-18-10-15)14(19)9-11-12(16)4-3-5-13(11)17/h3-5,18H,2,6-10H2,1H3. The number of halogens is 2. The van der Waals surface area contributed by atoms with E-state index in [1.807, 2.05) is 0 Å². The summed E-state index contributed by atoms with van der Waals surface area (Å²) in [5.74, 6) is -0.287. The van der Waals surface area contributed by atoms with Gasteiger partial charge in [0.1, 0.15) is 11.6 Å². The lowest BCUT2D eigenvalue weighted by atomic mass is 9.76. The molecule has 0 bridgehead atoms. The van der Waals surface area contributed by atoms with Crippen molar-refractivity contribution in [3.05, 3.63) is 34.6 Å². The molecule has 1 unspecified atom stereocenters. The fraction of sp³-hybridized carbons (Fsp3) is 0.533. The van der Waals surface area contributed by atoms with E-state index in [1.165, 1.54) is 6.07 Å². The average molecular weight is 284 g/mol. The highest BCUT2D eigenvalue weighted by molar-refractivity contribution is 6.31. The van der Waals surface area contributed by atoms with E-state index in [9.17, 15) is 9.18 Å². The molecule has 1 aliphatic heterocycles. The van der Waals surface area contributed by atoms with Crippen LogP contribution in [0, 0.1) is 11.2 Å². The lowest BCUT2D eigenvalue weighted by Gasteiger charge is -2.26. The van der Waals surface area contributed by atoms with Crippen molar-refractivity contribution in [1.29, 1.82) is 0 Å². The number of hydrogen-bond donors (Lipinski definition) is 1. The highest BCUT2D eigenvalue weighted by atomic mass is 35.5. The summed E-state index contributed by atoms with van der Waals surface area (Å²) in [6, 6.07) is 4.55. The third-order valence-corrected chi connectivity index (χ3v) is 4.32. The highest BCUT2D eigenvalue weighted by Gasteiger charge is 2.40. The molecule has 0 radical (unpaired) electrons. The van der Waals surface area contributed by atoms with E-state index in [4.69, 9.17) is 11.6 Å². The van der Waals surface area contributed by atoms with E-state index in [0.29, 0.717) is 17.1 Å². The minimum absolute atomic E-state index is 0.0905. The van der Waals surface area contributed by atoms with Gasteiger partial charge in [0.05, 0.1) is 0 Å². The first-order chi connectivity index (χ1) is 9.09. The van der Waals surface area contributed by atoms with Crippen LogP contribution in [0.2, 0.25) is 5.02 Å². The predicted octanol–water partition coefficient (Wildman–Crippen LogP) is 3.37. The van der Waals surface area contributed by atoms with Crippen LogP contribution in [0.3, 0.4) is 0 Å². The Labute approximate surface area is 118 Å². The average Bonchev–Trinajstić information content (AvgIpc) is 2.84. The van der Waals surface area contributed by atoms with Gasteiger partial charge in [-0.2, -0.15) is 0 Å². The zero-order chi connectivity index (χ0) is 13.9. The van der Waals surface area contributed by atoms with Crippen molar-refractivity contribution in [1.82, 2.24) is 5.32 Å². The van der Waals surface area contributed by atoms with E-state index in [2.05, 4.69) is 12.2 Å². The third-order valence-electron chi connectivity index (χ3n) is 3.96. The molecule has 1 aliphatic rings. The second-order valence-electron chi connectivity index (χ2n) is 5.26. The molecule has 1 N–H and O–H groups in total. The molecule has 0 aliphatic carbocycles. The summed E-state index contributed by atoms with van der Waals surface area (Å²) >= 11 is 5.99. The first-order valence-electron chi connectivity index (χ1n) is 6.76. The van der Waals surface area contributed by atoms with Gasteiger partial charge in [0, 0.05) is 29.0 Å². The van der Waals surface area contributed by atoms with Gasteiger partial charge >= 0.3 is 0 Å². The van der Waals surface area contributed by atoms with Crippen LogP contribution in [0.1, 0.15) is 31.7 Å². The van der Waals surface area contributed by atoms with Crippen LogP contribution in [0.15, 0.2) is 18.2 Å². The van der Waals surface area contributed by atoms with E-state index >= 15 is 0 Å². The predicted molar refractivity (Wildman–Crippen MR) is 74.9 cm³/mol. The number of carbonyl (C=O) groups is 1. The summed E-state index contributed by atoms with van der Waals surface area (Å²) < 4.78 is 13.8. The summed E-state index contributed by atoms with van der Waals surface area (Å²) in [5.41, 5.74) is -0.00284. The number of nitrogens with one attached hydrogen (secondary N) is 1. The van der Waals surface area contributed by atoms with Crippen LogP contribution >= 0.6 is 11.6 Å². The Balaban J connectivity index is 2.20. The van der Waals surface area contributed by atoms with Crippen LogP contribution in [-0.4, -0.2) is 18.9 Å². The summed E-state index contributed by atoms with van der Waals surface area (Å²) in [5, 5.41) is 3.59. The Kier molecular flexibility index (Phi) is 4.58. The lowest BCUT2D eigenvalue weighted by Crippen LogP contribution is -2.35. The number of rotatable bonds is 5. The quantitative estimate of drug-likeness (QED) is 0.898. The smallest absolute Gasteiger partial charge is 0.144 e. The third kappa shape index (κ3) is 2.98. The Morgan fingerprint density at radius 2 is 2.32 bits per heavy atom. The van der Waals surface area contributed by atoms with Crippen molar-refractivity contribution in [2.45, 2.75) is 32.6 Å². The molecule has 0 aromatic heterocycles. The van der Waals surface area contributed by atoms with Gasteiger partial charge in [0.15, 0.2) is 0 Å². The molecule has 0 saturated carbocycles. The van der Waals surface area contributed by atoms with Crippen LogP contribution < -0.4 is 5.32 Å². The van der Waals surface area contributed by atoms with E-state index in [-0.39, 0.29) is 17.6 Å². The normalized spacial score (nSPS) is 22.7. The topological polar surface area (TPSA) is 29.1 Å². The minimum Gasteiger partial charge on any atom is -0.316 e. The van der Waals surface area contributed by atoms with E-state index in [1.54, 1.807) is 12.1 Å². The lowest BCUT2D eigenvalue weighted by molar-refractivity contribution is -0.127. The first kappa shape index (κ1) is 14.5. The van der Waals surface area contributed by atoms with Gasteiger partial charge in [-0.25, -0.2) is 4.39 Å². The van der Waals surface area contributed by atoms with Crippen LogP contribution in [0.25, 0.3) is 0 Å². The summed E-state index contributed by atoms with van der Waals surface area (Å²) in [7, 11) is 0. The molecular formula is C15H19ClFNO. The Morgan fingerprint density at radius 3 is 2.89 bits per heavy atom. The Hall–Kier alpha value is -0.930. The molecule has 1 aromatic carbocycles. The molecule has 1 atom stereocenters. The van der Waals surface area contributed by atoms with Crippen molar-refractivity contribution < 1.29 is 9.18 Å². The van der Waals surface area contributed by atoms with Crippen molar-refractivity contribution >= 4 is 17.4 Å². The van der Waals surface area contributed by atoms with Crippen LogP contribution in [-0.2, 0) is 11.2 Å². The summed E-state index contributed by atoms with van der Waals surface area (Å²) in [4.78, 5) is 12.6. The second kappa shape index (κ2) is 6.02. The Bertz CT molecular complexity index is 449. The number of carbonyl (C=O) groups excluding carboxylic acids is 1. The largest absolute Gasteiger partial charge is 0.316 e. The molecular weight excluding hydrogens is 265 g/mol. The van der Waals surface area contributed by atoms with Crippen LogP contribution in [0.5, 0.6) is 0 Å². The molecule has 1 aromatic rings. The van der Waals surface area contributed by atoms with E-state index < -0.39 is 5.82 Å². The molecule has 1 saturated heterocycles. The van der Waals surface area contributed by atoms with Gasteiger partial charge in [-0.15, -0.1) is 0 Å². The van der Waals surface area contributed by atoms with Crippen molar-refractivity contribution in [3.63, 3.8) is 0 Å². The minimum atomic E-state index is -0.390. The molecule has 0 spiro atoms. The van der Waals surface area contributed by atoms with Gasteiger partial charge in [0.2, 0.25) is 0 Å². The van der Waals surface area contributed by atoms with Crippen molar-refractivity contribution in [3.8, 4) is 0 Å². The maximum Gasteiger partial charge on any atom is 0.144 e. The zero-order valence-corrected chi connectivity index (χ0v) is 11.9. The number of ketones is 1. The molecule has 2 nitrogen and oxygen atoms in total. The SMILES string of the molecule is CCCC1(C(=O)Cc2c(F)cccc2Cl)CCNC1. The van der Waals surface area contributed by atoms with Gasteiger partial charge in [0.25, 0.3) is 0 Å². The zero-order valence-electron chi connectivity index (χ0n) is 11.1. The molecule has 0 amide bonds. The maximum atomic E-state index is 13.8. The molecule has 4 heteroatoms. The second-order valence-corrected chi connectivity index (χ2v) is 5.66. The molecule has 2 rings (SSSR count). The summed E-state index contributed by atoms with van der Waals surface area (Å²) in [6.45, 7) is 3.63. The Morgan fingerprint density at radius 1 is 1.53 bits per heavy atom. The number of benzene rings is 1. The van der Waals surface area contributed by atoms with Gasteiger partial charge in [-0.05, 0) is 31.5 Å². The first-order valence-corrected chi connectivity index (χ1v) is 7.14. The number of Topliss-reactive ketones (excluding diaryl/α,β-unsaturated/α-hetero) is 1. The van der Waals surface area contributed by atoms with Gasteiger partial charge in [-0.1, -0.05) is 31.0 Å². The maximum absolute atomic E-state index is 13.8. The molecule has 104 valence electrons. The van der Waals surface area contributed by atoms with Crippen molar-refractivity contribution in [2.75, 3.05) is 13.1 Å². The van der Waals surface area contributed by atoms with Gasteiger partial charge in [-0.3, -0.25) is 4.79 Å². The van der Waals surface area contributed by atoms with Crippen molar-refractivity contribution in [2.24, 2.45) is 5.41 Å². The van der Waals surface area contributed by atoms with Gasteiger partial charge < -0.3 is 5.32 Å². The van der Waals surface area contributed by atoms with E-state index in [0.717, 1.165) is 25.8 Å². The molecule has 1 fully saturated rings. The molecule has 19 heavy (non-hydrogen) atoms. The fourth-order valence-electron chi connectivity index (χ4n) is 2.86. The fourth-order valence-corrected chi connectivity index (χ4v) is 3.09. The molecule has 1 heterocycles. The summed E-state index contributed by atoms with van der Waals surface area (Å²) in [6.07, 6.45) is 2.74.